The fourth-order valence-electron chi connectivity index (χ4n) is 3.21. The van der Waals surface area contributed by atoms with E-state index in [0.717, 1.165) is 0 Å². The number of nitrogens with one attached hydrogen (secondary N) is 1. The van der Waals surface area contributed by atoms with E-state index in [1.165, 1.54) is 27.4 Å². The summed E-state index contributed by atoms with van der Waals surface area (Å²) in [6.07, 6.45) is 0. The van der Waals surface area contributed by atoms with Gasteiger partial charge in [-0.05, 0) is 18.1 Å². The molecule has 0 spiro atoms. The molecule has 0 unspecified atom stereocenters. The number of hydrogen-bond acceptors (Lipinski definition) is 7. The Kier molecular flexibility index (Phi) is 6.50. The summed E-state index contributed by atoms with van der Waals surface area (Å²) in [6.45, 7) is 3.75. The summed E-state index contributed by atoms with van der Waals surface area (Å²) in [4.78, 5) is 25.2. The molecule has 0 aliphatic heterocycles. The van der Waals surface area contributed by atoms with E-state index in [4.69, 9.17) is 24.4 Å². The highest BCUT2D eigenvalue weighted by molar-refractivity contribution is 5.95. The fourth-order valence-corrected chi connectivity index (χ4v) is 3.21. The lowest BCUT2D eigenvalue weighted by Gasteiger charge is -2.16. The molecule has 1 aromatic heterocycles. The minimum atomic E-state index is -0.628. The molecular formula is C23H26N2O6. The molecule has 1 atom stereocenters. The molecule has 164 valence electrons. The van der Waals surface area contributed by atoms with Crippen molar-refractivity contribution in [2.45, 2.75) is 19.9 Å². The zero-order chi connectivity index (χ0) is 22.7. The average Bonchev–Trinajstić information content (AvgIpc) is 2.76. The molecule has 8 heteroatoms. The van der Waals surface area contributed by atoms with Gasteiger partial charge >= 0.3 is 0 Å². The van der Waals surface area contributed by atoms with E-state index in [-0.39, 0.29) is 34.0 Å². The Labute approximate surface area is 179 Å². The Morgan fingerprint density at radius 2 is 1.74 bits per heavy atom. The number of carbonyl (C=O) groups excluding carboxylic acids is 1. The van der Waals surface area contributed by atoms with Crippen LogP contribution in [-0.4, -0.2) is 33.3 Å². The molecular weight excluding hydrogens is 400 g/mol. The van der Waals surface area contributed by atoms with Gasteiger partial charge in [0.25, 0.3) is 0 Å². The van der Waals surface area contributed by atoms with Crippen molar-refractivity contribution in [3.8, 4) is 28.6 Å². The number of amides is 1. The molecule has 2 aromatic carbocycles. The van der Waals surface area contributed by atoms with Gasteiger partial charge in [-0.25, -0.2) is 0 Å². The minimum absolute atomic E-state index is 0.00337. The lowest BCUT2D eigenvalue weighted by molar-refractivity contribution is -0.118. The SMILES string of the molecule is COc1cc2oc(-c3cccc(NC(=O)[C@@H](N)C(C)C)c3)cc(=O)c2c(OC)c1OC. The third-order valence-electron chi connectivity index (χ3n) is 4.96. The van der Waals surface area contributed by atoms with Gasteiger partial charge in [-0.1, -0.05) is 26.0 Å². The monoisotopic (exact) mass is 426 g/mol. The first-order valence-electron chi connectivity index (χ1n) is 9.74. The van der Waals surface area contributed by atoms with Crippen LogP contribution in [0.5, 0.6) is 17.2 Å². The van der Waals surface area contributed by atoms with Crippen molar-refractivity contribution in [3.05, 3.63) is 46.6 Å². The number of ether oxygens (including phenoxy) is 3. The Hall–Kier alpha value is -3.52. The van der Waals surface area contributed by atoms with Crippen LogP contribution in [0, 0.1) is 5.92 Å². The summed E-state index contributed by atoms with van der Waals surface area (Å²) in [5.41, 5.74) is 7.06. The minimum Gasteiger partial charge on any atom is -0.493 e. The van der Waals surface area contributed by atoms with E-state index in [0.29, 0.717) is 28.5 Å². The second kappa shape index (κ2) is 9.09. The molecule has 3 N–H and O–H groups in total. The van der Waals surface area contributed by atoms with Gasteiger partial charge in [0.1, 0.15) is 16.7 Å². The summed E-state index contributed by atoms with van der Waals surface area (Å²) in [7, 11) is 4.39. The highest BCUT2D eigenvalue weighted by Gasteiger charge is 2.21. The Balaban J connectivity index is 2.08. The number of nitrogens with two attached hydrogens (primary N) is 1. The highest BCUT2D eigenvalue weighted by Crippen LogP contribution is 2.42. The molecule has 0 saturated carbocycles. The summed E-state index contributed by atoms with van der Waals surface area (Å²) in [5, 5.41) is 3.04. The predicted molar refractivity (Wildman–Crippen MR) is 119 cm³/mol. The molecule has 0 radical (unpaired) electrons. The third-order valence-corrected chi connectivity index (χ3v) is 4.96. The van der Waals surface area contributed by atoms with Gasteiger partial charge in [0.15, 0.2) is 16.9 Å². The predicted octanol–water partition coefficient (Wildman–Crippen LogP) is 3.41. The quantitative estimate of drug-likeness (QED) is 0.595. The van der Waals surface area contributed by atoms with Gasteiger partial charge in [0.05, 0.1) is 27.4 Å². The lowest BCUT2D eigenvalue weighted by Crippen LogP contribution is -2.39. The largest absolute Gasteiger partial charge is 0.493 e. The first kappa shape index (κ1) is 22.2. The van der Waals surface area contributed by atoms with Gasteiger partial charge in [-0.2, -0.15) is 0 Å². The smallest absolute Gasteiger partial charge is 0.241 e. The number of benzene rings is 2. The van der Waals surface area contributed by atoms with Crippen molar-refractivity contribution in [3.63, 3.8) is 0 Å². The van der Waals surface area contributed by atoms with E-state index in [1.54, 1.807) is 30.3 Å². The molecule has 1 heterocycles. The second-order valence-corrected chi connectivity index (χ2v) is 7.33. The van der Waals surface area contributed by atoms with E-state index >= 15 is 0 Å². The number of hydrogen-bond donors (Lipinski definition) is 2. The van der Waals surface area contributed by atoms with Crippen LogP contribution in [0.15, 0.2) is 45.6 Å². The molecule has 0 aliphatic carbocycles. The number of fused-ring (bicyclic) bond motifs is 1. The molecule has 8 nitrogen and oxygen atoms in total. The van der Waals surface area contributed by atoms with Crippen molar-refractivity contribution in [2.75, 3.05) is 26.6 Å². The van der Waals surface area contributed by atoms with Crippen LogP contribution in [0.1, 0.15) is 13.8 Å². The van der Waals surface area contributed by atoms with Gasteiger partial charge < -0.3 is 29.7 Å². The molecule has 0 aliphatic rings. The van der Waals surface area contributed by atoms with Crippen LogP contribution in [-0.2, 0) is 4.79 Å². The van der Waals surface area contributed by atoms with E-state index in [1.807, 2.05) is 13.8 Å². The van der Waals surface area contributed by atoms with Gasteiger partial charge in [-0.3, -0.25) is 9.59 Å². The van der Waals surface area contributed by atoms with Crippen LogP contribution < -0.4 is 30.7 Å². The summed E-state index contributed by atoms with van der Waals surface area (Å²) in [6, 6.07) is 9.31. The number of rotatable bonds is 7. The molecule has 0 fully saturated rings. The number of carbonyl (C=O) groups is 1. The Morgan fingerprint density at radius 3 is 2.35 bits per heavy atom. The lowest BCUT2D eigenvalue weighted by atomic mass is 10.0. The second-order valence-electron chi connectivity index (χ2n) is 7.33. The van der Waals surface area contributed by atoms with Crippen LogP contribution in [0.25, 0.3) is 22.3 Å². The van der Waals surface area contributed by atoms with Crippen molar-refractivity contribution in [1.82, 2.24) is 0 Å². The average molecular weight is 426 g/mol. The highest BCUT2D eigenvalue weighted by atomic mass is 16.5. The molecule has 1 amide bonds. The van der Waals surface area contributed by atoms with Crippen LogP contribution in [0.3, 0.4) is 0 Å². The fraction of sp³-hybridized carbons (Fsp3) is 0.304. The van der Waals surface area contributed by atoms with Crippen molar-refractivity contribution >= 4 is 22.6 Å². The van der Waals surface area contributed by atoms with E-state index in [9.17, 15) is 9.59 Å². The normalized spacial score (nSPS) is 12.0. The maximum Gasteiger partial charge on any atom is 0.241 e. The first-order valence-corrected chi connectivity index (χ1v) is 9.74. The van der Waals surface area contributed by atoms with Gasteiger partial charge in [-0.15, -0.1) is 0 Å². The maximum atomic E-state index is 12.9. The Morgan fingerprint density at radius 1 is 1.03 bits per heavy atom. The zero-order valence-corrected chi connectivity index (χ0v) is 18.1. The summed E-state index contributed by atoms with van der Waals surface area (Å²) in [5.74, 6) is 0.966. The number of methoxy groups -OCH3 is 3. The first-order chi connectivity index (χ1) is 14.8. The molecule has 0 saturated heterocycles. The topological polar surface area (TPSA) is 113 Å². The van der Waals surface area contributed by atoms with Crippen molar-refractivity contribution in [1.29, 1.82) is 0 Å². The maximum absolute atomic E-state index is 12.9. The summed E-state index contributed by atoms with van der Waals surface area (Å²) >= 11 is 0. The molecule has 0 bridgehead atoms. The van der Waals surface area contributed by atoms with Crippen LogP contribution in [0.4, 0.5) is 5.69 Å². The Bertz CT molecular complexity index is 1170. The van der Waals surface area contributed by atoms with E-state index in [2.05, 4.69) is 5.32 Å². The molecule has 3 aromatic rings. The van der Waals surface area contributed by atoms with E-state index < -0.39 is 6.04 Å². The third kappa shape index (κ3) is 4.34. The number of anilines is 1. The molecule has 3 rings (SSSR count). The van der Waals surface area contributed by atoms with Crippen molar-refractivity contribution in [2.24, 2.45) is 11.7 Å². The van der Waals surface area contributed by atoms with Gasteiger partial charge in [0.2, 0.25) is 11.7 Å². The molecule has 31 heavy (non-hydrogen) atoms. The van der Waals surface area contributed by atoms with Gasteiger partial charge in [0, 0.05) is 23.4 Å². The van der Waals surface area contributed by atoms with Crippen LogP contribution in [0.2, 0.25) is 0 Å². The van der Waals surface area contributed by atoms with Crippen molar-refractivity contribution < 1.29 is 23.4 Å². The van der Waals surface area contributed by atoms with Crippen LogP contribution >= 0.6 is 0 Å². The summed E-state index contributed by atoms with van der Waals surface area (Å²) < 4.78 is 22.1. The standard InChI is InChI=1S/C23H26N2O6/c1-12(2)20(24)23(27)25-14-8-6-7-13(9-14)16-10-15(26)19-17(31-16)11-18(28-3)21(29-4)22(19)30-5/h6-12,20H,24H2,1-5H3,(H,25,27)/t20-/m0/s1. The zero-order valence-electron chi connectivity index (χ0n) is 18.1.